The Kier molecular flexibility index (Phi) is 7.45. The molecule has 0 radical (unpaired) electrons. The molecule has 3 N–H and O–H groups in total. The number of esters is 2. The number of para-hydroxylation sites is 2. The van der Waals surface area contributed by atoms with Crippen molar-refractivity contribution in [3.63, 3.8) is 0 Å². The standard InChI is InChI=1S/C15H21N3O4/c1-3-21-14(19)10-9-13(15(20)22-4-2)18-17-12-8-6-5-7-11(12)16/h5-8,17H,3-4,9-10,16H2,1-2H3/b18-13+. The Labute approximate surface area is 129 Å². The molecule has 0 spiro atoms. The van der Waals surface area contributed by atoms with E-state index in [9.17, 15) is 9.59 Å². The van der Waals surface area contributed by atoms with Gasteiger partial charge >= 0.3 is 11.9 Å². The van der Waals surface area contributed by atoms with Gasteiger partial charge in [0.15, 0.2) is 0 Å². The summed E-state index contributed by atoms with van der Waals surface area (Å²) in [6, 6.07) is 7.02. The minimum atomic E-state index is -0.575. The van der Waals surface area contributed by atoms with E-state index < -0.39 is 11.9 Å². The first-order chi connectivity index (χ1) is 10.6. The maximum atomic E-state index is 11.8. The lowest BCUT2D eigenvalue weighted by molar-refractivity contribution is -0.142. The number of anilines is 2. The van der Waals surface area contributed by atoms with Crippen LogP contribution in [0.4, 0.5) is 11.4 Å². The average Bonchev–Trinajstić information content (AvgIpc) is 2.49. The van der Waals surface area contributed by atoms with Crippen molar-refractivity contribution >= 4 is 29.0 Å². The van der Waals surface area contributed by atoms with Gasteiger partial charge in [0, 0.05) is 6.42 Å². The van der Waals surface area contributed by atoms with E-state index >= 15 is 0 Å². The second-order valence-electron chi connectivity index (χ2n) is 4.28. The van der Waals surface area contributed by atoms with Gasteiger partial charge in [0.25, 0.3) is 0 Å². The van der Waals surface area contributed by atoms with E-state index in [4.69, 9.17) is 15.2 Å². The molecule has 1 aromatic rings. The number of nitrogens with two attached hydrogens (primary N) is 1. The van der Waals surface area contributed by atoms with Gasteiger partial charge in [-0.1, -0.05) is 12.1 Å². The van der Waals surface area contributed by atoms with Crippen molar-refractivity contribution in [2.75, 3.05) is 24.4 Å². The predicted molar refractivity (Wildman–Crippen MR) is 84.4 cm³/mol. The van der Waals surface area contributed by atoms with Crippen LogP contribution < -0.4 is 11.2 Å². The molecule has 0 saturated carbocycles. The number of hydrogen-bond acceptors (Lipinski definition) is 7. The smallest absolute Gasteiger partial charge is 0.354 e. The van der Waals surface area contributed by atoms with Gasteiger partial charge < -0.3 is 15.2 Å². The van der Waals surface area contributed by atoms with Crippen LogP contribution in [0.2, 0.25) is 0 Å². The van der Waals surface area contributed by atoms with E-state index in [1.807, 2.05) is 0 Å². The quantitative estimate of drug-likeness (QED) is 0.329. The molecule has 120 valence electrons. The summed E-state index contributed by atoms with van der Waals surface area (Å²) in [5.74, 6) is -0.965. The zero-order chi connectivity index (χ0) is 16.4. The zero-order valence-electron chi connectivity index (χ0n) is 12.8. The van der Waals surface area contributed by atoms with Crippen molar-refractivity contribution in [1.29, 1.82) is 0 Å². The van der Waals surface area contributed by atoms with Crippen molar-refractivity contribution in [2.24, 2.45) is 5.10 Å². The lowest BCUT2D eigenvalue weighted by Crippen LogP contribution is -2.20. The molecule has 1 rings (SSSR count). The van der Waals surface area contributed by atoms with Crippen LogP contribution in [0.5, 0.6) is 0 Å². The Balaban J connectivity index is 2.76. The van der Waals surface area contributed by atoms with Crippen molar-refractivity contribution in [3.8, 4) is 0 Å². The number of hydrogen-bond donors (Lipinski definition) is 2. The SMILES string of the molecule is CCOC(=O)CC/C(=N\Nc1ccccc1N)C(=O)OCC. The summed E-state index contributed by atoms with van der Waals surface area (Å²) < 4.78 is 9.75. The average molecular weight is 307 g/mol. The second kappa shape index (κ2) is 9.38. The van der Waals surface area contributed by atoms with E-state index in [0.717, 1.165) is 0 Å². The van der Waals surface area contributed by atoms with Gasteiger partial charge in [-0.2, -0.15) is 5.10 Å². The lowest BCUT2D eigenvalue weighted by atomic mass is 10.2. The van der Waals surface area contributed by atoms with Crippen LogP contribution in [0.1, 0.15) is 26.7 Å². The van der Waals surface area contributed by atoms with Gasteiger partial charge in [0.2, 0.25) is 0 Å². The summed E-state index contributed by atoms with van der Waals surface area (Å²) in [6.07, 6.45) is 0.175. The molecule has 0 atom stereocenters. The molecule has 0 bridgehead atoms. The van der Waals surface area contributed by atoms with Crippen LogP contribution >= 0.6 is 0 Å². The van der Waals surface area contributed by atoms with Crippen LogP contribution in [0.15, 0.2) is 29.4 Å². The van der Waals surface area contributed by atoms with Crippen molar-refractivity contribution in [2.45, 2.75) is 26.7 Å². The van der Waals surface area contributed by atoms with Crippen molar-refractivity contribution in [1.82, 2.24) is 0 Å². The fourth-order valence-corrected chi connectivity index (χ4v) is 1.60. The number of carbonyl (C=O) groups is 2. The molecule has 1 aromatic carbocycles. The number of hydrazone groups is 1. The number of carbonyl (C=O) groups excluding carboxylic acids is 2. The highest BCUT2D eigenvalue weighted by molar-refractivity contribution is 6.36. The first-order valence-electron chi connectivity index (χ1n) is 7.08. The number of benzene rings is 1. The Hall–Kier alpha value is -2.57. The molecule has 0 aromatic heterocycles. The Bertz CT molecular complexity index is 543. The van der Waals surface area contributed by atoms with E-state index in [1.54, 1.807) is 38.1 Å². The third-order valence-corrected chi connectivity index (χ3v) is 2.65. The third kappa shape index (κ3) is 5.82. The topological polar surface area (TPSA) is 103 Å². The van der Waals surface area contributed by atoms with Gasteiger partial charge in [-0.05, 0) is 26.0 Å². The Morgan fingerprint density at radius 3 is 2.45 bits per heavy atom. The highest BCUT2D eigenvalue weighted by Gasteiger charge is 2.15. The largest absolute Gasteiger partial charge is 0.466 e. The Morgan fingerprint density at radius 2 is 1.82 bits per heavy atom. The number of nitrogens with zero attached hydrogens (tertiary/aromatic N) is 1. The molecule has 0 aliphatic carbocycles. The Morgan fingerprint density at radius 1 is 1.14 bits per heavy atom. The number of nitrogens with one attached hydrogen (secondary N) is 1. The summed E-state index contributed by atoms with van der Waals surface area (Å²) in [5, 5.41) is 4.01. The maximum absolute atomic E-state index is 11.8. The fourth-order valence-electron chi connectivity index (χ4n) is 1.60. The molecular weight excluding hydrogens is 286 g/mol. The summed E-state index contributed by atoms with van der Waals surface area (Å²) in [6.45, 7) is 3.94. The first kappa shape index (κ1) is 17.5. The van der Waals surface area contributed by atoms with Gasteiger partial charge in [-0.3, -0.25) is 10.2 Å². The molecule has 0 heterocycles. The predicted octanol–water partition coefficient (Wildman–Crippen LogP) is 1.94. The summed E-state index contributed by atoms with van der Waals surface area (Å²) >= 11 is 0. The van der Waals surface area contributed by atoms with Gasteiger partial charge in [0.05, 0.1) is 31.0 Å². The summed E-state index contributed by atoms with van der Waals surface area (Å²) in [4.78, 5) is 23.2. The molecular formula is C15H21N3O4. The number of ether oxygens (including phenoxy) is 2. The van der Waals surface area contributed by atoms with Gasteiger partial charge in [-0.25, -0.2) is 4.79 Å². The molecule has 0 amide bonds. The maximum Gasteiger partial charge on any atom is 0.354 e. The highest BCUT2D eigenvalue weighted by Crippen LogP contribution is 2.16. The molecule has 0 unspecified atom stereocenters. The van der Waals surface area contributed by atoms with Gasteiger partial charge in [0.1, 0.15) is 5.71 Å². The third-order valence-electron chi connectivity index (χ3n) is 2.65. The number of nitrogen functional groups attached to an aromatic ring is 1. The van der Waals surface area contributed by atoms with Crippen molar-refractivity contribution < 1.29 is 19.1 Å². The summed E-state index contributed by atoms with van der Waals surface area (Å²) in [7, 11) is 0. The van der Waals surface area contributed by atoms with E-state index in [0.29, 0.717) is 18.0 Å². The highest BCUT2D eigenvalue weighted by atomic mass is 16.5. The second-order valence-corrected chi connectivity index (χ2v) is 4.28. The lowest BCUT2D eigenvalue weighted by Gasteiger charge is -2.08. The minimum Gasteiger partial charge on any atom is -0.466 e. The van der Waals surface area contributed by atoms with Gasteiger partial charge in [-0.15, -0.1) is 0 Å². The molecule has 7 nitrogen and oxygen atoms in total. The number of rotatable bonds is 8. The molecule has 7 heteroatoms. The fraction of sp³-hybridized carbons (Fsp3) is 0.400. The monoisotopic (exact) mass is 307 g/mol. The summed E-state index contributed by atoms with van der Waals surface area (Å²) in [5.41, 5.74) is 9.68. The van der Waals surface area contributed by atoms with Crippen LogP contribution in [0.3, 0.4) is 0 Å². The zero-order valence-corrected chi connectivity index (χ0v) is 12.8. The first-order valence-corrected chi connectivity index (χ1v) is 7.08. The molecule has 0 saturated heterocycles. The van der Waals surface area contributed by atoms with Crippen molar-refractivity contribution in [3.05, 3.63) is 24.3 Å². The minimum absolute atomic E-state index is 0.0530. The molecule has 0 aliphatic heterocycles. The van der Waals surface area contributed by atoms with Crippen LogP contribution in [-0.2, 0) is 19.1 Å². The van der Waals surface area contributed by atoms with Crippen LogP contribution in [-0.4, -0.2) is 30.9 Å². The molecule has 0 aliphatic rings. The van der Waals surface area contributed by atoms with Crippen LogP contribution in [0.25, 0.3) is 0 Å². The molecule has 0 fully saturated rings. The molecule has 22 heavy (non-hydrogen) atoms. The van der Waals surface area contributed by atoms with E-state index in [2.05, 4.69) is 10.5 Å². The van der Waals surface area contributed by atoms with Crippen LogP contribution in [0, 0.1) is 0 Å². The van der Waals surface area contributed by atoms with E-state index in [1.165, 1.54) is 0 Å². The normalized spacial score (nSPS) is 10.9. The van der Waals surface area contributed by atoms with E-state index in [-0.39, 0.29) is 25.2 Å².